The highest BCUT2D eigenvalue weighted by Crippen LogP contribution is 2.19. The molecule has 130 valence electrons. The molecule has 2 N–H and O–H groups in total. The van der Waals surface area contributed by atoms with Crippen LogP contribution >= 0.6 is 0 Å². The molecule has 0 radical (unpaired) electrons. The Bertz CT molecular complexity index is 796. The molecule has 1 amide bonds. The zero-order valence-electron chi connectivity index (χ0n) is 14.3. The van der Waals surface area contributed by atoms with Crippen molar-refractivity contribution in [1.82, 2.24) is 10.3 Å². The molecule has 0 atom stereocenters. The maximum Gasteiger partial charge on any atom is 0.220 e. The van der Waals surface area contributed by atoms with Crippen LogP contribution in [0.25, 0.3) is 10.9 Å². The van der Waals surface area contributed by atoms with Gasteiger partial charge in [0.15, 0.2) is 0 Å². The third-order valence-corrected chi connectivity index (χ3v) is 4.18. The number of amides is 1. The highest BCUT2D eigenvalue weighted by Gasteiger charge is 2.05. The molecule has 4 nitrogen and oxygen atoms in total. The van der Waals surface area contributed by atoms with Crippen LogP contribution in [0.1, 0.15) is 24.8 Å². The normalized spacial score (nSPS) is 10.7. The average molecular weight is 336 g/mol. The van der Waals surface area contributed by atoms with Crippen LogP contribution in [0.15, 0.2) is 60.8 Å². The summed E-state index contributed by atoms with van der Waals surface area (Å²) in [5.74, 6) is 0.979. The largest absolute Gasteiger partial charge is 0.494 e. The van der Waals surface area contributed by atoms with Crippen molar-refractivity contribution in [3.05, 3.63) is 66.4 Å². The fourth-order valence-electron chi connectivity index (χ4n) is 2.87. The van der Waals surface area contributed by atoms with Crippen molar-refractivity contribution in [3.8, 4) is 5.75 Å². The van der Waals surface area contributed by atoms with E-state index in [4.69, 9.17) is 4.74 Å². The molecule has 0 aliphatic heterocycles. The van der Waals surface area contributed by atoms with Crippen molar-refractivity contribution < 1.29 is 9.53 Å². The van der Waals surface area contributed by atoms with Crippen molar-refractivity contribution >= 4 is 16.8 Å². The summed E-state index contributed by atoms with van der Waals surface area (Å²) < 4.78 is 5.60. The van der Waals surface area contributed by atoms with Crippen molar-refractivity contribution in [2.75, 3.05) is 13.2 Å². The number of fused-ring (bicyclic) bond motifs is 1. The number of aromatic nitrogens is 1. The summed E-state index contributed by atoms with van der Waals surface area (Å²) in [4.78, 5) is 15.2. The average Bonchev–Trinajstić information content (AvgIpc) is 3.06. The number of aromatic amines is 1. The molecule has 1 heterocycles. The van der Waals surface area contributed by atoms with Crippen LogP contribution in [0.4, 0.5) is 0 Å². The predicted octanol–water partition coefficient (Wildman–Crippen LogP) is 4.08. The molecule has 0 unspecified atom stereocenters. The smallest absolute Gasteiger partial charge is 0.220 e. The van der Waals surface area contributed by atoms with Crippen LogP contribution in [-0.4, -0.2) is 24.0 Å². The Balaban J connectivity index is 1.29. The third kappa shape index (κ3) is 5.11. The van der Waals surface area contributed by atoms with Crippen molar-refractivity contribution in [3.63, 3.8) is 0 Å². The van der Waals surface area contributed by atoms with Gasteiger partial charge < -0.3 is 15.0 Å². The van der Waals surface area contributed by atoms with Crippen LogP contribution in [-0.2, 0) is 11.2 Å². The summed E-state index contributed by atoms with van der Waals surface area (Å²) in [7, 11) is 0. The number of para-hydroxylation sites is 2. The first kappa shape index (κ1) is 17.1. The number of carbonyl (C=O) groups excluding carboxylic acids is 1. The molecule has 1 aromatic heterocycles. The second-order valence-corrected chi connectivity index (χ2v) is 6.08. The number of benzene rings is 2. The number of aryl methyl sites for hydroxylation is 1. The number of ether oxygens (including phenoxy) is 1. The van der Waals surface area contributed by atoms with Crippen molar-refractivity contribution in [2.24, 2.45) is 0 Å². The quantitative estimate of drug-likeness (QED) is 0.579. The van der Waals surface area contributed by atoms with E-state index in [-0.39, 0.29) is 5.91 Å². The van der Waals surface area contributed by atoms with Gasteiger partial charge in [0.2, 0.25) is 5.91 Å². The minimum Gasteiger partial charge on any atom is -0.494 e. The number of hydrogen-bond donors (Lipinski definition) is 2. The molecule has 0 fully saturated rings. The van der Waals surface area contributed by atoms with Crippen molar-refractivity contribution in [2.45, 2.75) is 25.7 Å². The molecule has 0 aliphatic carbocycles. The number of nitrogens with one attached hydrogen (secondary N) is 2. The van der Waals surface area contributed by atoms with Gasteiger partial charge >= 0.3 is 0 Å². The first-order valence-electron chi connectivity index (χ1n) is 8.82. The molecule has 0 bridgehead atoms. The second-order valence-electron chi connectivity index (χ2n) is 6.08. The topological polar surface area (TPSA) is 54.1 Å². The van der Waals surface area contributed by atoms with E-state index in [9.17, 15) is 4.79 Å². The third-order valence-electron chi connectivity index (χ3n) is 4.18. The summed E-state index contributed by atoms with van der Waals surface area (Å²) in [6, 6.07) is 18.0. The van der Waals surface area contributed by atoms with Gasteiger partial charge in [0.1, 0.15) is 5.75 Å². The summed E-state index contributed by atoms with van der Waals surface area (Å²) in [6.45, 7) is 1.26. The highest BCUT2D eigenvalue weighted by atomic mass is 16.5. The zero-order chi connectivity index (χ0) is 17.3. The lowest BCUT2D eigenvalue weighted by molar-refractivity contribution is -0.121. The van der Waals surface area contributed by atoms with Gasteiger partial charge in [-0.05, 0) is 43.0 Å². The van der Waals surface area contributed by atoms with Crippen LogP contribution < -0.4 is 10.1 Å². The van der Waals surface area contributed by atoms with Crippen LogP contribution in [0.5, 0.6) is 5.75 Å². The number of rotatable bonds is 9. The number of H-pyrrole nitrogens is 1. The van der Waals surface area contributed by atoms with E-state index >= 15 is 0 Å². The lowest BCUT2D eigenvalue weighted by Crippen LogP contribution is -2.25. The molecule has 25 heavy (non-hydrogen) atoms. The Kier molecular flexibility index (Phi) is 6.10. The lowest BCUT2D eigenvalue weighted by Gasteiger charge is -2.07. The SMILES string of the molecule is O=C(CCCc1c[nH]c2ccccc12)NCCCOc1ccccc1. The van der Waals surface area contributed by atoms with Gasteiger partial charge in [0.25, 0.3) is 0 Å². The van der Waals surface area contributed by atoms with Gasteiger partial charge in [-0.25, -0.2) is 0 Å². The van der Waals surface area contributed by atoms with Gasteiger partial charge in [-0.1, -0.05) is 36.4 Å². The lowest BCUT2D eigenvalue weighted by atomic mass is 10.1. The summed E-state index contributed by atoms with van der Waals surface area (Å²) in [5, 5.41) is 4.21. The van der Waals surface area contributed by atoms with Gasteiger partial charge in [0, 0.05) is 30.1 Å². The first-order valence-corrected chi connectivity index (χ1v) is 8.82. The zero-order valence-corrected chi connectivity index (χ0v) is 14.3. The van der Waals surface area contributed by atoms with Gasteiger partial charge in [-0.3, -0.25) is 4.79 Å². The summed E-state index contributed by atoms with van der Waals surface area (Å²) in [6.07, 6.45) is 5.17. The first-order chi connectivity index (χ1) is 12.3. The van der Waals surface area contributed by atoms with Gasteiger partial charge in [-0.2, -0.15) is 0 Å². The van der Waals surface area contributed by atoms with Crippen LogP contribution in [0.3, 0.4) is 0 Å². The molecular formula is C21H24N2O2. The van der Waals surface area contributed by atoms with E-state index in [1.807, 2.05) is 48.7 Å². The van der Waals surface area contributed by atoms with Crippen LogP contribution in [0, 0.1) is 0 Å². The minimum atomic E-state index is 0.111. The second kappa shape index (κ2) is 8.92. The van der Waals surface area contributed by atoms with E-state index < -0.39 is 0 Å². The molecule has 0 spiro atoms. The van der Waals surface area contributed by atoms with Crippen LogP contribution in [0.2, 0.25) is 0 Å². The monoisotopic (exact) mass is 336 g/mol. The van der Waals surface area contributed by atoms with E-state index in [2.05, 4.69) is 22.4 Å². The van der Waals surface area contributed by atoms with E-state index in [1.165, 1.54) is 10.9 Å². The van der Waals surface area contributed by atoms with Crippen molar-refractivity contribution in [1.29, 1.82) is 0 Å². The molecule has 0 saturated carbocycles. The number of carbonyl (C=O) groups is 1. The summed E-state index contributed by atoms with van der Waals surface area (Å²) >= 11 is 0. The Morgan fingerprint density at radius 3 is 2.68 bits per heavy atom. The van der Waals surface area contributed by atoms with E-state index in [0.717, 1.165) is 30.5 Å². The molecular weight excluding hydrogens is 312 g/mol. The Labute approximate surface area is 148 Å². The molecule has 3 aromatic rings. The van der Waals surface area contributed by atoms with Gasteiger partial charge in [-0.15, -0.1) is 0 Å². The molecule has 2 aromatic carbocycles. The molecule has 0 saturated heterocycles. The Morgan fingerprint density at radius 2 is 1.80 bits per heavy atom. The highest BCUT2D eigenvalue weighted by molar-refractivity contribution is 5.83. The Morgan fingerprint density at radius 1 is 1.00 bits per heavy atom. The molecule has 4 heteroatoms. The maximum absolute atomic E-state index is 11.9. The fraction of sp³-hybridized carbons (Fsp3) is 0.286. The minimum absolute atomic E-state index is 0.111. The fourth-order valence-corrected chi connectivity index (χ4v) is 2.87. The standard InChI is InChI=1S/C21H24N2O2/c24-21(22-14-7-15-25-18-9-2-1-3-10-18)13-6-8-17-16-23-20-12-5-4-11-19(17)20/h1-5,9-12,16,23H,6-8,13-15H2,(H,22,24). The maximum atomic E-state index is 11.9. The van der Waals surface area contributed by atoms with Gasteiger partial charge in [0.05, 0.1) is 6.61 Å². The number of hydrogen-bond acceptors (Lipinski definition) is 2. The predicted molar refractivity (Wildman–Crippen MR) is 101 cm³/mol. The van der Waals surface area contributed by atoms with E-state index in [0.29, 0.717) is 19.6 Å². The molecule has 0 aliphatic rings. The molecule has 3 rings (SSSR count). The van der Waals surface area contributed by atoms with E-state index in [1.54, 1.807) is 0 Å². The summed E-state index contributed by atoms with van der Waals surface area (Å²) in [5.41, 5.74) is 2.43. The Hall–Kier alpha value is -2.75.